The molecule has 0 fully saturated rings. The minimum Gasteiger partial charge on any atom is -0.140 e. The second-order valence-corrected chi connectivity index (χ2v) is 4.88. The van der Waals surface area contributed by atoms with Gasteiger partial charge in [0.05, 0.1) is 0 Å². The molecule has 14 heavy (non-hydrogen) atoms. The van der Waals surface area contributed by atoms with Crippen LogP contribution in [0.3, 0.4) is 0 Å². The zero-order chi connectivity index (χ0) is 9.80. The Hall–Kier alpha value is -0.820. The highest BCUT2D eigenvalue weighted by Crippen LogP contribution is 2.26. The van der Waals surface area contributed by atoms with E-state index in [1.807, 2.05) is 11.3 Å². The van der Waals surface area contributed by atoms with Crippen molar-refractivity contribution in [3.8, 4) is 0 Å². The maximum atomic E-state index is 2.34. The first-order chi connectivity index (χ1) is 6.90. The van der Waals surface area contributed by atoms with Gasteiger partial charge in [-0.3, -0.25) is 0 Å². The Morgan fingerprint density at radius 1 is 1.14 bits per heavy atom. The molecule has 1 aromatic carbocycles. The molecule has 0 aliphatic rings. The van der Waals surface area contributed by atoms with Crippen molar-refractivity contribution in [3.05, 3.63) is 35.2 Å². The van der Waals surface area contributed by atoms with Crippen LogP contribution in [0.4, 0.5) is 0 Å². The van der Waals surface area contributed by atoms with Gasteiger partial charge in [-0.15, -0.1) is 11.3 Å². The van der Waals surface area contributed by atoms with Crippen molar-refractivity contribution in [1.82, 2.24) is 0 Å². The van der Waals surface area contributed by atoms with Gasteiger partial charge in [-0.05, 0) is 30.4 Å². The van der Waals surface area contributed by atoms with Crippen molar-refractivity contribution in [1.29, 1.82) is 0 Å². The number of fused-ring (bicyclic) bond motifs is 1. The summed E-state index contributed by atoms with van der Waals surface area (Å²) in [7, 11) is 0. The normalized spacial score (nSPS) is 10.9. The van der Waals surface area contributed by atoms with Gasteiger partial charge >= 0.3 is 0 Å². The lowest BCUT2D eigenvalue weighted by Gasteiger charge is -1.93. The Bertz CT molecular complexity index is 367. The molecule has 0 unspecified atom stereocenters. The van der Waals surface area contributed by atoms with Crippen LogP contribution in [-0.2, 0) is 6.42 Å². The van der Waals surface area contributed by atoms with Crippen LogP contribution in [0.15, 0.2) is 30.3 Å². The summed E-state index contributed by atoms with van der Waals surface area (Å²) in [6.07, 6.45) is 5.26. The van der Waals surface area contributed by atoms with Crippen molar-refractivity contribution >= 4 is 21.4 Å². The highest BCUT2D eigenvalue weighted by atomic mass is 32.1. The van der Waals surface area contributed by atoms with Gasteiger partial charge in [0.1, 0.15) is 0 Å². The van der Waals surface area contributed by atoms with Gasteiger partial charge in [-0.25, -0.2) is 0 Å². The van der Waals surface area contributed by atoms with Crippen molar-refractivity contribution in [2.75, 3.05) is 0 Å². The Morgan fingerprint density at radius 2 is 2.00 bits per heavy atom. The minimum atomic E-state index is 1.26. The smallest absolute Gasteiger partial charge is 0.0345 e. The topological polar surface area (TPSA) is 0 Å². The van der Waals surface area contributed by atoms with Crippen molar-refractivity contribution in [3.63, 3.8) is 0 Å². The van der Waals surface area contributed by atoms with Crippen molar-refractivity contribution < 1.29 is 0 Å². The first-order valence-electron chi connectivity index (χ1n) is 5.37. The largest absolute Gasteiger partial charge is 0.140 e. The lowest BCUT2D eigenvalue weighted by molar-refractivity contribution is 0.723. The lowest BCUT2D eigenvalue weighted by atomic mass is 10.1. The number of hydrogen-bond acceptors (Lipinski definition) is 1. The summed E-state index contributed by atoms with van der Waals surface area (Å²) in [6.45, 7) is 2.25. The number of aryl methyl sites for hydroxylation is 1. The maximum absolute atomic E-state index is 2.34. The molecule has 0 amide bonds. The molecule has 2 aromatic rings. The van der Waals surface area contributed by atoms with Crippen LogP contribution < -0.4 is 0 Å². The van der Waals surface area contributed by atoms with Crippen LogP contribution in [0, 0.1) is 0 Å². The molecule has 0 nitrogen and oxygen atoms in total. The molecule has 74 valence electrons. The van der Waals surface area contributed by atoms with Crippen molar-refractivity contribution in [2.45, 2.75) is 32.6 Å². The molecule has 0 aliphatic heterocycles. The fourth-order valence-corrected chi connectivity index (χ4v) is 2.82. The van der Waals surface area contributed by atoms with E-state index in [4.69, 9.17) is 0 Å². The third kappa shape index (κ3) is 2.16. The van der Waals surface area contributed by atoms with Gasteiger partial charge in [-0.1, -0.05) is 38.0 Å². The van der Waals surface area contributed by atoms with Gasteiger partial charge < -0.3 is 0 Å². The van der Waals surface area contributed by atoms with Crippen LogP contribution >= 0.6 is 11.3 Å². The zero-order valence-corrected chi connectivity index (χ0v) is 9.44. The Morgan fingerprint density at radius 3 is 2.79 bits per heavy atom. The average molecular weight is 204 g/mol. The first-order valence-corrected chi connectivity index (χ1v) is 6.19. The Balaban J connectivity index is 2.11. The molecule has 1 aromatic heterocycles. The predicted molar refractivity (Wildman–Crippen MR) is 65.1 cm³/mol. The molecule has 0 atom stereocenters. The lowest BCUT2D eigenvalue weighted by Crippen LogP contribution is -1.78. The summed E-state index contributed by atoms with van der Waals surface area (Å²) in [6, 6.07) is 11.0. The molecule has 0 N–H and O–H groups in total. The Kier molecular flexibility index (Phi) is 3.20. The first kappa shape index (κ1) is 9.72. The quantitative estimate of drug-likeness (QED) is 0.637. The van der Waals surface area contributed by atoms with Gasteiger partial charge in [0, 0.05) is 9.58 Å². The molecule has 1 heterocycles. The average Bonchev–Trinajstić information content (AvgIpc) is 2.60. The molecular weight excluding hydrogens is 188 g/mol. The zero-order valence-electron chi connectivity index (χ0n) is 8.62. The van der Waals surface area contributed by atoms with E-state index in [-0.39, 0.29) is 0 Å². The van der Waals surface area contributed by atoms with E-state index in [0.29, 0.717) is 0 Å². The molecule has 0 saturated heterocycles. The molecule has 0 spiro atoms. The summed E-state index contributed by atoms with van der Waals surface area (Å²) in [5.74, 6) is 0. The van der Waals surface area contributed by atoms with E-state index in [1.165, 1.54) is 35.8 Å². The molecule has 2 rings (SSSR count). The summed E-state index contributed by atoms with van der Waals surface area (Å²) >= 11 is 1.95. The molecule has 1 heteroatoms. The SMILES string of the molecule is CCCCCc1cc2ccccc2s1. The molecule has 0 aliphatic carbocycles. The van der Waals surface area contributed by atoms with E-state index < -0.39 is 0 Å². The van der Waals surface area contributed by atoms with Crippen LogP contribution in [-0.4, -0.2) is 0 Å². The van der Waals surface area contributed by atoms with Crippen LogP contribution in [0.2, 0.25) is 0 Å². The standard InChI is InChI=1S/C13H16S/c1-2-3-4-8-12-10-11-7-5-6-9-13(11)14-12/h5-7,9-10H,2-4,8H2,1H3. The number of unbranched alkanes of at least 4 members (excludes halogenated alkanes) is 2. The number of rotatable bonds is 4. The third-order valence-corrected chi connectivity index (χ3v) is 3.68. The predicted octanol–water partition coefficient (Wildman–Crippen LogP) is 4.63. The summed E-state index contributed by atoms with van der Waals surface area (Å²) in [5, 5.41) is 1.41. The summed E-state index contributed by atoms with van der Waals surface area (Å²) in [4.78, 5) is 1.54. The van der Waals surface area contributed by atoms with Crippen LogP contribution in [0.25, 0.3) is 10.1 Å². The van der Waals surface area contributed by atoms with E-state index in [9.17, 15) is 0 Å². The van der Waals surface area contributed by atoms with Crippen LogP contribution in [0.1, 0.15) is 31.1 Å². The molecular formula is C13H16S. The van der Waals surface area contributed by atoms with Crippen molar-refractivity contribution in [2.24, 2.45) is 0 Å². The minimum absolute atomic E-state index is 1.26. The van der Waals surface area contributed by atoms with E-state index in [2.05, 4.69) is 37.3 Å². The second-order valence-electron chi connectivity index (χ2n) is 3.71. The van der Waals surface area contributed by atoms with E-state index in [0.717, 1.165) is 0 Å². The van der Waals surface area contributed by atoms with E-state index in [1.54, 1.807) is 4.88 Å². The molecule has 0 saturated carbocycles. The fraction of sp³-hybridized carbons (Fsp3) is 0.385. The Labute approximate surface area is 89.6 Å². The monoisotopic (exact) mass is 204 g/mol. The van der Waals surface area contributed by atoms with Gasteiger partial charge in [-0.2, -0.15) is 0 Å². The fourth-order valence-electron chi connectivity index (χ4n) is 1.71. The molecule has 0 radical (unpaired) electrons. The summed E-state index contributed by atoms with van der Waals surface area (Å²) in [5.41, 5.74) is 0. The summed E-state index contributed by atoms with van der Waals surface area (Å²) < 4.78 is 1.43. The second kappa shape index (κ2) is 4.61. The molecule has 0 bridgehead atoms. The van der Waals surface area contributed by atoms with Gasteiger partial charge in [0.15, 0.2) is 0 Å². The van der Waals surface area contributed by atoms with Gasteiger partial charge in [0.2, 0.25) is 0 Å². The van der Waals surface area contributed by atoms with E-state index >= 15 is 0 Å². The highest BCUT2D eigenvalue weighted by Gasteiger charge is 1.99. The maximum Gasteiger partial charge on any atom is 0.0345 e. The van der Waals surface area contributed by atoms with Crippen LogP contribution in [0.5, 0.6) is 0 Å². The number of thiophene rings is 1. The highest BCUT2D eigenvalue weighted by molar-refractivity contribution is 7.19. The number of benzene rings is 1. The number of hydrogen-bond donors (Lipinski definition) is 0. The van der Waals surface area contributed by atoms with Gasteiger partial charge in [0.25, 0.3) is 0 Å². The third-order valence-electron chi connectivity index (χ3n) is 2.50.